The smallest absolute Gasteiger partial charge is 0.330 e. The largest absolute Gasteiger partial charge is 0.463 e. The van der Waals surface area contributed by atoms with Crippen molar-refractivity contribution >= 4 is 17.8 Å². The Morgan fingerprint density at radius 3 is 2.74 bits per heavy atom. The zero-order valence-electron chi connectivity index (χ0n) is 11.1. The minimum atomic E-state index is -0.513. The maximum absolute atomic E-state index is 13.5. The molecule has 0 amide bonds. The number of esters is 1. The lowest BCUT2D eigenvalue weighted by atomic mass is 10.1. The van der Waals surface area contributed by atoms with E-state index in [9.17, 15) is 14.0 Å². The highest BCUT2D eigenvalue weighted by Crippen LogP contribution is 2.13. The fourth-order valence-corrected chi connectivity index (χ4v) is 1.41. The minimum absolute atomic E-state index is 0.153. The van der Waals surface area contributed by atoms with E-state index in [0.29, 0.717) is 12.2 Å². The second kappa shape index (κ2) is 7.46. The Balaban J connectivity index is 2.72. The lowest BCUT2D eigenvalue weighted by Gasteiger charge is -2.01. The van der Waals surface area contributed by atoms with E-state index < -0.39 is 11.8 Å². The molecular formula is C15H17FO3. The van der Waals surface area contributed by atoms with E-state index in [1.54, 1.807) is 0 Å². The van der Waals surface area contributed by atoms with Crippen LogP contribution in [0.2, 0.25) is 0 Å². The molecular weight excluding hydrogens is 247 g/mol. The van der Waals surface area contributed by atoms with E-state index in [4.69, 9.17) is 4.74 Å². The third kappa shape index (κ3) is 5.04. The van der Waals surface area contributed by atoms with Crippen LogP contribution in [0.5, 0.6) is 0 Å². The van der Waals surface area contributed by atoms with Crippen LogP contribution in [0, 0.1) is 5.82 Å². The van der Waals surface area contributed by atoms with Gasteiger partial charge in [-0.05, 0) is 37.6 Å². The molecule has 0 saturated heterocycles. The molecule has 0 aliphatic heterocycles. The van der Waals surface area contributed by atoms with Gasteiger partial charge in [-0.15, -0.1) is 0 Å². The van der Waals surface area contributed by atoms with Gasteiger partial charge in [-0.1, -0.05) is 13.3 Å². The summed E-state index contributed by atoms with van der Waals surface area (Å²) in [4.78, 5) is 22.5. The summed E-state index contributed by atoms with van der Waals surface area (Å²) < 4.78 is 18.4. The number of carbonyl (C=O) groups is 2. The molecule has 1 aromatic rings. The van der Waals surface area contributed by atoms with Gasteiger partial charge in [0, 0.05) is 17.2 Å². The number of unbranched alkanes of at least 4 members (excludes halogenated alkanes) is 1. The van der Waals surface area contributed by atoms with Crippen molar-refractivity contribution in [2.45, 2.75) is 26.7 Å². The molecule has 0 radical (unpaired) electrons. The van der Waals surface area contributed by atoms with Crippen LogP contribution in [0.3, 0.4) is 0 Å². The molecule has 0 N–H and O–H groups in total. The Hall–Kier alpha value is -1.97. The number of Topliss-reactive ketones (excluding diaryl/α,β-unsaturated/α-hetero) is 1. The van der Waals surface area contributed by atoms with Crippen molar-refractivity contribution in [3.63, 3.8) is 0 Å². The van der Waals surface area contributed by atoms with Crippen molar-refractivity contribution in [1.82, 2.24) is 0 Å². The molecule has 0 unspecified atom stereocenters. The van der Waals surface area contributed by atoms with Crippen LogP contribution in [0.15, 0.2) is 24.3 Å². The van der Waals surface area contributed by atoms with Gasteiger partial charge >= 0.3 is 5.97 Å². The fourth-order valence-electron chi connectivity index (χ4n) is 1.41. The van der Waals surface area contributed by atoms with Crippen molar-refractivity contribution in [2.75, 3.05) is 6.61 Å². The molecule has 1 rings (SSSR count). The Labute approximate surface area is 112 Å². The van der Waals surface area contributed by atoms with Crippen molar-refractivity contribution in [2.24, 2.45) is 0 Å². The van der Waals surface area contributed by atoms with Crippen molar-refractivity contribution in [3.8, 4) is 0 Å². The second-order valence-corrected chi connectivity index (χ2v) is 4.15. The molecule has 0 atom stereocenters. The molecule has 0 aliphatic carbocycles. The molecule has 19 heavy (non-hydrogen) atoms. The first-order valence-corrected chi connectivity index (χ1v) is 6.20. The number of halogens is 1. The van der Waals surface area contributed by atoms with Gasteiger partial charge in [-0.2, -0.15) is 0 Å². The average molecular weight is 264 g/mol. The number of rotatable bonds is 6. The lowest BCUT2D eigenvalue weighted by molar-refractivity contribution is -0.137. The monoisotopic (exact) mass is 264 g/mol. The lowest BCUT2D eigenvalue weighted by Crippen LogP contribution is -2.02. The van der Waals surface area contributed by atoms with Crippen LogP contribution in [0.4, 0.5) is 4.39 Å². The Morgan fingerprint density at radius 1 is 1.37 bits per heavy atom. The van der Waals surface area contributed by atoms with Crippen LogP contribution < -0.4 is 0 Å². The molecule has 3 nitrogen and oxygen atoms in total. The third-order valence-electron chi connectivity index (χ3n) is 2.54. The van der Waals surface area contributed by atoms with Gasteiger partial charge in [-0.25, -0.2) is 9.18 Å². The summed E-state index contributed by atoms with van der Waals surface area (Å²) in [6, 6.07) is 4.03. The van der Waals surface area contributed by atoms with Gasteiger partial charge in [0.15, 0.2) is 5.78 Å². The van der Waals surface area contributed by atoms with E-state index in [0.717, 1.165) is 18.9 Å². The molecule has 4 heteroatoms. The highest BCUT2D eigenvalue weighted by molar-refractivity contribution is 5.95. The van der Waals surface area contributed by atoms with E-state index in [-0.39, 0.29) is 11.3 Å². The molecule has 0 bridgehead atoms. The van der Waals surface area contributed by atoms with Crippen LogP contribution in [-0.4, -0.2) is 18.4 Å². The maximum Gasteiger partial charge on any atom is 0.330 e. The highest BCUT2D eigenvalue weighted by Gasteiger charge is 2.05. The van der Waals surface area contributed by atoms with Gasteiger partial charge < -0.3 is 4.74 Å². The first kappa shape index (κ1) is 15.1. The topological polar surface area (TPSA) is 43.4 Å². The van der Waals surface area contributed by atoms with E-state index in [1.165, 1.54) is 31.2 Å². The average Bonchev–Trinajstić information content (AvgIpc) is 2.37. The summed E-state index contributed by atoms with van der Waals surface area (Å²) in [7, 11) is 0. The zero-order valence-corrected chi connectivity index (χ0v) is 11.1. The number of benzene rings is 1. The summed E-state index contributed by atoms with van der Waals surface area (Å²) in [6.45, 7) is 3.75. The van der Waals surface area contributed by atoms with Crippen molar-refractivity contribution in [3.05, 3.63) is 41.2 Å². The van der Waals surface area contributed by atoms with Crippen LogP contribution >= 0.6 is 0 Å². The van der Waals surface area contributed by atoms with Gasteiger partial charge in [0.25, 0.3) is 0 Å². The highest BCUT2D eigenvalue weighted by atomic mass is 19.1. The molecule has 0 saturated carbocycles. The van der Waals surface area contributed by atoms with Gasteiger partial charge in [0.05, 0.1) is 6.61 Å². The second-order valence-electron chi connectivity index (χ2n) is 4.15. The van der Waals surface area contributed by atoms with Crippen LogP contribution in [-0.2, 0) is 9.53 Å². The summed E-state index contributed by atoms with van der Waals surface area (Å²) in [5.74, 6) is -1.15. The maximum atomic E-state index is 13.5. The number of hydrogen-bond donors (Lipinski definition) is 0. The molecule has 0 fully saturated rings. The zero-order chi connectivity index (χ0) is 14.3. The van der Waals surface area contributed by atoms with E-state index in [2.05, 4.69) is 0 Å². The Kier molecular flexibility index (Phi) is 5.93. The minimum Gasteiger partial charge on any atom is -0.463 e. The standard InChI is InChI=1S/C15H17FO3/c1-3-4-9-19-15(18)8-6-13-10-12(11(2)17)5-7-14(13)16/h5-8,10H,3-4,9H2,1-2H3/b8-6+. The fraction of sp³-hybridized carbons (Fsp3) is 0.333. The predicted octanol–water partition coefficient (Wildman–Crippen LogP) is 3.38. The predicted molar refractivity (Wildman–Crippen MR) is 71.3 cm³/mol. The first-order valence-electron chi connectivity index (χ1n) is 6.20. The van der Waals surface area contributed by atoms with Gasteiger partial charge in [0.2, 0.25) is 0 Å². The number of hydrogen-bond acceptors (Lipinski definition) is 3. The Morgan fingerprint density at radius 2 is 2.11 bits per heavy atom. The SMILES string of the molecule is CCCCOC(=O)/C=C/c1cc(C(C)=O)ccc1F. The first-order chi connectivity index (χ1) is 9.04. The van der Waals surface area contributed by atoms with Crippen molar-refractivity contribution in [1.29, 1.82) is 0 Å². The summed E-state index contributed by atoms with van der Waals surface area (Å²) >= 11 is 0. The number of ketones is 1. The van der Waals surface area contributed by atoms with Gasteiger partial charge in [-0.3, -0.25) is 4.79 Å². The molecule has 0 aliphatic rings. The summed E-state index contributed by atoms with van der Waals surface area (Å²) in [6.07, 6.45) is 4.22. The van der Waals surface area contributed by atoms with E-state index in [1.807, 2.05) is 6.92 Å². The number of ether oxygens (including phenoxy) is 1. The normalized spacial score (nSPS) is 10.7. The quantitative estimate of drug-likeness (QED) is 0.342. The molecule has 0 heterocycles. The van der Waals surface area contributed by atoms with E-state index >= 15 is 0 Å². The Bertz CT molecular complexity index is 492. The van der Waals surface area contributed by atoms with Crippen molar-refractivity contribution < 1.29 is 18.7 Å². The van der Waals surface area contributed by atoms with Gasteiger partial charge in [0.1, 0.15) is 5.82 Å². The molecule has 102 valence electrons. The molecule has 0 aromatic heterocycles. The van der Waals surface area contributed by atoms with Crippen LogP contribution in [0.25, 0.3) is 6.08 Å². The number of carbonyl (C=O) groups excluding carboxylic acids is 2. The molecule has 0 spiro atoms. The summed E-state index contributed by atoms with van der Waals surface area (Å²) in [5, 5.41) is 0. The summed E-state index contributed by atoms with van der Waals surface area (Å²) in [5.41, 5.74) is 0.598. The molecule has 1 aromatic carbocycles. The van der Waals surface area contributed by atoms with Crippen LogP contribution in [0.1, 0.15) is 42.6 Å². The third-order valence-corrected chi connectivity index (χ3v) is 2.54.